The summed E-state index contributed by atoms with van der Waals surface area (Å²) in [6.07, 6.45) is 4.50. The van der Waals surface area contributed by atoms with Crippen molar-refractivity contribution >= 4 is 45.3 Å². The number of carboxylic acids is 1. The summed E-state index contributed by atoms with van der Waals surface area (Å²) in [5, 5.41) is 21.5. The van der Waals surface area contributed by atoms with Crippen LogP contribution in [-0.4, -0.2) is 27.8 Å². The number of phenols is 1. The molecule has 4 saturated carbocycles. The third-order valence-electron chi connectivity index (χ3n) is 6.94. The molecule has 0 spiro atoms. The lowest BCUT2D eigenvalue weighted by Crippen LogP contribution is -2.59. The third kappa shape index (κ3) is 2.71. The molecule has 2 unspecified atom stereocenters. The summed E-state index contributed by atoms with van der Waals surface area (Å²) >= 11 is 2.09. The predicted octanol–water partition coefficient (Wildman–Crippen LogP) is 4.73. The van der Waals surface area contributed by atoms with Crippen molar-refractivity contribution in [3.63, 3.8) is 0 Å². The zero-order valence-electron chi connectivity index (χ0n) is 15.3. The minimum atomic E-state index is -0.734. The Hall–Kier alpha value is -1.83. The van der Waals surface area contributed by atoms with E-state index in [1.54, 1.807) is 24.3 Å². The van der Waals surface area contributed by atoms with Crippen LogP contribution in [0.4, 0.5) is 0 Å². The number of rotatable bonds is 3. The highest BCUT2D eigenvalue weighted by molar-refractivity contribution is 14.1. The number of phenolic OH excluding ortho intramolecular Hbond substituents is 1. The number of esters is 1. The van der Waals surface area contributed by atoms with E-state index in [0.29, 0.717) is 23.8 Å². The molecule has 2 N–H and O–H groups in total. The van der Waals surface area contributed by atoms with Gasteiger partial charge in [0.1, 0.15) is 11.4 Å². The van der Waals surface area contributed by atoms with E-state index in [0.717, 1.165) is 46.4 Å². The minimum absolute atomic E-state index is 0.218. The van der Waals surface area contributed by atoms with E-state index in [1.165, 1.54) is 0 Å². The number of ether oxygens (including phenoxy) is 1. The van der Waals surface area contributed by atoms with Gasteiger partial charge in [0.25, 0.3) is 0 Å². The van der Waals surface area contributed by atoms with E-state index >= 15 is 0 Å². The monoisotopic (exact) mass is 492 g/mol. The highest BCUT2D eigenvalue weighted by Gasteiger charge is 2.62. The number of hydrogen-bond donors (Lipinski definition) is 2. The fraction of sp³-hybridized carbons (Fsp3) is 0.455. The summed E-state index contributed by atoms with van der Waals surface area (Å²) in [5.74, 6) is -0.219. The van der Waals surface area contributed by atoms with E-state index in [1.807, 2.05) is 6.07 Å². The number of aliphatic carboxylic acids is 1. The summed E-state index contributed by atoms with van der Waals surface area (Å²) in [6, 6.07) is 8.74. The molecule has 0 amide bonds. The Labute approximate surface area is 176 Å². The molecule has 28 heavy (non-hydrogen) atoms. The van der Waals surface area contributed by atoms with E-state index in [-0.39, 0.29) is 11.7 Å². The van der Waals surface area contributed by atoms with Crippen LogP contribution >= 0.6 is 22.6 Å². The van der Waals surface area contributed by atoms with Gasteiger partial charge in [0.05, 0.1) is 14.5 Å². The smallest absolute Gasteiger partial charge is 0.338 e. The number of carbonyl (C=O) groups excluding carboxylic acids is 1. The molecule has 6 heteroatoms. The van der Waals surface area contributed by atoms with Gasteiger partial charge in [-0.15, -0.1) is 0 Å². The Kier molecular flexibility index (Phi) is 3.96. The van der Waals surface area contributed by atoms with E-state index < -0.39 is 17.0 Å². The molecule has 0 saturated heterocycles. The van der Waals surface area contributed by atoms with Gasteiger partial charge >= 0.3 is 11.9 Å². The third-order valence-corrected chi connectivity index (χ3v) is 8.07. The van der Waals surface area contributed by atoms with Gasteiger partial charge in [0, 0.05) is 6.42 Å². The van der Waals surface area contributed by atoms with Crippen molar-refractivity contribution in [3.05, 3.63) is 39.5 Å². The molecule has 2 aromatic carbocycles. The van der Waals surface area contributed by atoms with Crippen molar-refractivity contribution in [3.8, 4) is 5.75 Å². The maximum absolute atomic E-state index is 13.0. The lowest BCUT2D eigenvalue weighted by Gasteiger charge is -2.59. The molecule has 0 radical (unpaired) electrons. The van der Waals surface area contributed by atoms with Gasteiger partial charge in [0.15, 0.2) is 0 Å². The van der Waals surface area contributed by atoms with Crippen LogP contribution in [0.1, 0.15) is 48.9 Å². The number of carbonyl (C=O) groups is 2. The molecule has 4 aliphatic carbocycles. The normalized spacial score (nSPS) is 33.2. The average molecular weight is 492 g/mol. The van der Waals surface area contributed by atoms with E-state index in [9.17, 15) is 19.8 Å². The Balaban J connectivity index is 1.45. The van der Waals surface area contributed by atoms with Crippen molar-refractivity contribution in [1.29, 1.82) is 0 Å². The summed E-state index contributed by atoms with van der Waals surface area (Å²) in [6.45, 7) is 0. The summed E-state index contributed by atoms with van der Waals surface area (Å²) in [7, 11) is 0. The van der Waals surface area contributed by atoms with Crippen molar-refractivity contribution in [2.75, 3.05) is 0 Å². The molecule has 5 nitrogen and oxygen atoms in total. The molecule has 2 aromatic rings. The topological polar surface area (TPSA) is 83.8 Å². The van der Waals surface area contributed by atoms with Gasteiger partial charge in [0.2, 0.25) is 0 Å². The number of halogens is 1. The van der Waals surface area contributed by atoms with Crippen LogP contribution in [0.5, 0.6) is 5.75 Å². The van der Waals surface area contributed by atoms with Gasteiger partial charge in [-0.1, -0.05) is 12.1 Å². The molecule has 4 bridgehead atoms. The number of carboxylic acid groups (broad SMARTS) is 1. The highest BCUT2D eigenvalue weighted by atomic mass is 127. The average Bonchev–Trinajstić information content (AvgIpc) is 2.63. The lowest BCUT2D eigenvalue weighted by molar-refractivity contribution is -0.192. The summed E-state index contributed by atoms with van der Waals surface area (Å²) in [4.78, 5) is 25.0. The van der Waals surface area contributed by atoms with Crippen molar-refractivity contribution in [2.24, 2.45) is 17.3 Å². The first-order valence-corrected chi connectivity index (χ1v) is 10.8. The standard InChI is InChI=1S/C22H21IO5/c23-18-16-3-1-15(6-14(16)2-4-17(18)24)19(25)28-22-9-12-5-13(10-22)8-21(7-12,11-22)20(26)27/h1-4,6,12-13,24H,5,7-11H2,(H,26,27). The molecule has 0 aliphatic heterocycles. The zero-order chi connectivity index (χ0) is 19.7. The number of fused-ring (bicyclic) bond motifs is 1. The van der Waals surface area contributed by atoms with Gasteiger partial charge in [-0.05, 0) is 95.5 Å². The summed E-state index contributed by atoms with van der Waals surface area (Å²) in [5.41, 5.74) is -0.895. The molecule has 0 aromatic heterocycles. The van der Waals surface area contributed by atoms with Crippen molar-refractivity contribution < 1.29 is 24.5 Å². The summed E-state index contributed by atoms with van der Waals surface area (Å²) < 4.78 is 6.81. The van der Waals surface area contributed by atoms with Crippen LogP contribution in [0, 0.1) is 20.8 Å². The molecule has 4 fully saturated rings. The van der Waals surface area contributed by atoms with Gasteiger partial charge < -0.3 is 14.9 Å². The Morgan fingerprint density at radius 3 is 2.46 bits per heavy atom. The van der Waals surface area contributed by atoms with Crippen LogP contribution in [0.15, 0.2) is 30.3 Å². The largest absolute Gasteiger partial charge is 0.507 e. The fourth-order valence-corrected chi connectivity index (χ4v) is 6.88. The molecular formula is C22H21IO5. The molecule has 146 valence electrons. The SMILES string of the molecule is O=C(OC12CC3CC(C1)CC(C(=O)O)(C3)C2)c1ccc2c(I)c(O)ccc2c1. The molecule has 6 rings (SSSR count). The molecule has 4 aliphatic rings. The molecular weight excluding hydrogens is 471 g/mol. The van der Waals surface area contributed by atoms with Gasteiger partial charge in [-0.2, -0.15) is 0 Å². The fourth-order valence-electron chi connectivity index (χ4n) is 6.21. The van der Waals surface area contributed by atoms with Gasteiger partial charge in [-0.3, -0.25) is 4.79 Å². The van der Waals surface area contributed by atoms with Crippen LogP contribution in [0.25, 0.3) is 10.8 Å². The van der Waals surface area contributed by atoms with Crippen LogP contribution in [-0.2, 0) is 9.53 Å². The second-order valence-corrected chi connectivity index (χ2v) is 10.0. The first-order valence-electron chi connectivity index (χ1n) is 9.67. The Bertz CT molecular complexity index is 999. The maximum Gasteiger partial charge on any atom is 0.338 e. The predicted molar refractivity (Wildman–Crippen MR) is 111 cm³/mol. The van der Waals surface area contributed by atoms with Crippen LogP contribution in [0.3, 0.4) is 0 Å². The maximum atomic E-state index is 13.0. The van der Waals surface area contributed by atoms with Crippen molar-refractivity contribution in [1.82, 2.24) is 0 Å². The Morgan fingerprint density at radius 1 is 1.07 bits per heavy atom. The molecule has 0 heterocycles. The number of aromatic hydroxyl groups is 1. The van der Waals surface area contributed by atoms with Gasteiger partial charge in [-0.25, -0.2) is 4.79 Å². The second kappa shape index (κ2) is 6.08. The van der Waals surface area contributed by atoms with Crippen LogP contribution in [0.2, 0.25) is 0 Å². The Morgan fingerprint density at radius 2 is 1.79 bits per heavy atom. The van der Waals surface area contributed by atoms with Crippen LogP contribution < -0.4 is 0 Å². The first kappa shape index (κ1) is 18.2. The van der Waals surface area contributed by atoms with E-state index in [2.05, 4.69) is 22.6 Å². The molecule has 2 atom stereocenters. The number of hydrogen-bond acceptors (Lipinski definition) is 4. The minimum Gasteiger partial charge on any atom is -0.507 e. The first-order chi connectivity index (χ1) is 13.3. The number of benzene rings is 2. The quantitative estimate of drug-likeness (QED) is 0.478. The lowest BCUT2D eigenvalue weighted by atomic mass is 9.48. The highest BCUT2D eigenvalue weighted by Crippen LogP contribution is 2.63. The second-order valence-electron chi connectivity index (χ2n) is 8.95. The zero-order valence-corrected chi connectivity index (χ0v) is 17.4. The van der Waals surface area contributed by atoms with E-state index in [4.69, 9.17) is 4.74 Å². The van der Waals surface area contributed by atoms with Crippen molar-refractivity contribution in [2.45, 2.75) is 44.1 Å².